The van der Waals surface area contributed by atoms with Gasteiger partial charge in [0.05, 0.1) is 17.3 Å². The number of amides is 2. The monoisotopic (exact) mass is 308 g/mol. The Bertz CT molecular complexity index is 809. The van der Waals surface area contributed by atoms with Crippen molar-refractivity contribution in [3.63, 3.8) is 0 Å². The van der Waals surface area contributed by atoms with Gasteiger partial charge in [0.15, 0.2) is 11.5 Å². The van der Waals surface area contributed by atoms with Gasteiger partial charge < -0.3 is 9.47 Å². The Kier molecular flexibility index (Phi) is 3.08. The molecule has 0 aliphatic carbocycles. The van der Waals surface area contributed by atoms with Crippen LogP contribution in [0.5, 0.6) is 11.5 Å². The minimum atomic E-state index is -0.417. The second kappa shape index (κ2) is 5.24. The highest BCUT2D eigenvalue weighted by molar-refractivity contribution is 6.21. The van der Waals surface area contributed by atoms with Crippen LogP contribution in [0.4, 0.5) is 0 Å². The SMILES string of the molecule is O=C1c2ccccc2C(=O)N1N=Cc1ccc2c(c1)OCCO2. The zero-order chi connectivity index (χ0) is 15.8. The van der Waals surface area contributed by atoms with Crippen molar-refractivity contribution in [2.24, 2.45) is 5.10 Å². The standard InChI is InChI=1S/C17H12N2O4/c20-16-12-3-1-2-4-13(12)17(21)19(16)18-10-11-5-6-14-15(9-11)23-8-7-22-14/h1-6,9-10H,7-8H2. The predicted molar refractivity (Wildman–Crippen MR) is 82.0 cm³/mol. The first kappa shape index (κ1) is 13.5. The Morgan fingerprint density at radius 3 is 2.26 bits per heavy atom. The van der Waals surface area contributed by atoms with Gasteiger partial charge in [0, 0.05) is 0 Å². The average Bonchev–Trinajstić information content (AvgIpc) is 2.84. The summed E-state index contributed by atoms with van der Waals surface area (Å²) in [6, 6.07) is 12.0. The molecule has 2 aromatic rings. The Hall–Kier alpha value is -3.15. The van der Waals surface area contributed by atoms with Crippen LogP contribution in [0.15, 0.2) is 47.6 Å². The van der Waals surface area contributed by atoms with Crippen LogP contribution in [0, 0.1) is 0 Å². The van der Waals surface area contributed by atoms with Crippen molar-refractivity contribution < 1.29 is 19.1 Å². The number of carbonyl (C=O) groups is 2. The van der Waals surface area contributed by atoms with Crippen molar-refractivity contribution >= 4 is 18.0 Å². The number of hydrogen-bond donors (Lipinski definition) is 0. The fourth-order valence-corrected chi connectivity index (χ4v) is 2.55. The lowest BCUT2D eigenvalue weighted by Gasteiger charge is -2.18. The quantitative estimate of drug-likeness (QED) is 0.629. The van der Waals surface area contributed by atoms with Crippen LogP contribution in [-0.2, 0) is 0 Å². The molecule has 0 N–H and O–H groups in total. The van der Waals surface area contributed by atoms with Gasteiger partial charge in [-0.25, -0.2) is 0 Å². The summed E-state index contributed by atoms with van der Waals surface area (Å²) in [6.45, 7) is 1.02. The van der Waals surface area contributed by atoms with Crippen LogP contribution >= 0.6 is 0 Å². The van der Waals surface area contributed by atoms with E-state index in [2.05, 4.69) is 5.10 Å². The highest BCUT2D eigenvalue weighted by atomic mass is 16.6. The van der Waals surface area contributed by atoms with E-state index in [9.17, 15) is 9.59 Å². The molecule has 114 valence electrons. The number of nitrogens with zero attached hydrogens (tertiary/aromatic N) is 2. The van der Waals surface area contributed by atoms with E-state index in [1.54, 1.807) is 42.5 Å². The van der Waals surface area contributed by atoms with E-state index in [4.69, 9.17) is 9.47 Å². The Morgan fingerprint density at radius 2 is 1.57 bits per heavy atom. The van der Waals surface area contributed by atoms with E-state index in [1.807, 2.05) is 0 Å². The number of benzene rings is 2. The van der Waals surface area contributed by atoms with Gasteiger partial charge in [-0.1, -0.05) is 12.1 Å². The number of rotatable bonds is 2. The molecule has 0 bridgehead atoms. The van der Waals surface area contributed by atoms with Crippen LogP contribution in [0.25, 0.3) is 0 Å². The molecule has 0 spiro atoms. The molecule has 23 heavy (non-hydrogen) atoms. The molecular formula is C17H12N2O4. The minimum absolute atomic E-state index is 0.372. The number of ether oxygens (including phenoxy) is 2. The Balaban J connectivity index is 1.60. The second-order valence-corrected chi connectivity index (χ2v) is 5.12. The van der Waals surface area contributed by atoms with Crippen LogP contribution in [0.2, 0.25) is 0 Å². The first-order valence-electron chi connectivity index (χ1n) is 7.15. The van der Waals surface area contributed by atoms with Crippen molar-refractivity contribution in [3.05, 3.63) is 59.2 Å². The maximum absolute atomic E-state index is 12.2. The summed E-state index contributed by atoms with van der Waals surface area (Å²) in [7, 11) is 0. The molecule has 0 saturated carbocycles. The fourth-order valence-electron chi connectivity index (χ4n) is 2.55. The smallest absolute Gasteiger partial charge is 0.282 e. The van der Waals surface area contributed by atoms with E-state index in [0.717, 1.165) is 5.01 Å². The highest BCUT2D eigenvalue weighted by Gasteiger charge is 2.35. The number of imide groups is 1. The van der Waals surface area contributed by atoms with Crippen molar-refractivity contribution in [2.75, 3.05) is 13.2 Å². The summed E-state index contributed by atoms with van der Waals surface area (Å²) < 4.78 is 10.9. The number of carbonyl (C=O) groups excluding carboxylic acids is 2. The lowest BCUT2D eigenvalue weighted by Crippen LogP contribution is -2.24. The van der Waals surface area contributed by atoms with E-state index >= 15 is 0 Å². The van der Waals surface area contributed by atoms with Crippen molar-refractivity contribution in [1.82, 2.24) is 5.01 Å². The van der Waals surface area contributed by atoms with Gasteiger partial charge in [-0.05, 0) is 35.9 Å². The third-order valence-corrected chi connectivity index (χ3v) is 3.66. The molecule has 2 aliphatic heterocycles. The third kappa shape index (κ3) is 2.24. The number of hydrogen-bond acceptors (Lipinski definition) is 5. The van der Waals surface area contributed by atoms with Crippen LogP contribution in [-0.4, -0.2) is 36.3 Å². The van der Waals surface area contributed by atoms with Crippen LogP contribution in [0.1, 0.15) is 26.3 Å². The van der Waals surface area contributed by atoms with Gasteiger partial charge in [-0.15, -0.1) is 0 Å². The van der Waals surface area contributed by atoms with Crippen LogP contribution < -0.4 is 9.47 Å². The molecule has 6 nitrogen and oxygen atoms in total. The van der Waals surface area contributed by atoms with Crippen molar-refractivity contribution in [3.8, 4) is 11.5 Å². The summed E-state index contributed by atoms with van der Waals surface area (Å²) >= 11 is 0. The lowest BCUT2D eigenvalue weighted by molar-refractivity contribution is 0.0660. The Morgan fingerprint density at radius 1 is 0.913 bits per heavy atom. The molecular weight excluding hydrogens is 296 g/mol. The maximum Gasteiger partial charge on any atom is 0.282 e. The molecule has 0 unspecified atom stereocenters. The van der Waals surface area contributed by atoms with Crippen molar-refractivity contribution in [2.45, 2.75) is 0 Å². The molecule has 2 heterocycles. The molecule has 0 saturated heterocycles. The summed E-state index contributed by atoms with van der Waals surface area (Å²) in [4.78, 5) is 24.4. The topological polar surface area (TPSA) is 68.2 Å². The summed E-state index contributed by atoms with van der Waals surface area (Å²) in [5.41, 5.74) is 1.46. The molecule has 0 aromatic heterocycles. The van der Waals surface area contributed by atoms with Crippen LogP contribution in [0.3, 0.4) is 0 Å². The van der Waals surface area contributed by atoms with E-state index in [1.165, 1.54) is 6.21 Å². The van der Waals surface area contributed by atoms with Gasteiger partial charge in [-0.2, -0.15) is 10.1 Å². The molecule has 0 fully saturated rings. The van der Waals surface area contributed by atoms with E-state index in [-0.39, 0.29) is 0 Å². The van der Waals surface area contributed by atoms with Crippen molar-refractivity contribution in [1.29, 1.82) is 0 Å². The van der Waals surface area contributed by atoms with Gasteiger partial charge in [0.1, 0.15) is 13.2 Å². The predicted octanol–water partition coefficient (Wildman–Crippen LogP) is 2.09. The Labute approximate surface area is 131 Å². The first-order valence-corrected chi connectivity index (χ1v) is 7.15. The molecule has 6 heteroatoms. The summed E-state index contributed by atoms with van der Waals surface area (Å²) in [5, 5.41) is 4.91. The first-order chi connectivity index (χ1) is 11.2. The summed E-state index contributed by atoms with van der Waals surface area (Å²) in [6.07, 6.45) is 1.46. The molecule has 2 aromatic carbocycles. The van der Waals surface area contributed by atoms with Gasteiger partial charge in [0.2, 0.25) is 0 Å². The molecule has 0 radical (unpaired) electrons. The molecule has 2 amide bonds. The molecule has 2 aliphatic rings. The second-order valence-electron chi connectivity index (χ2n) is 5.12. The zero-order valence-corrected chi connectivity index (χ0v) is 12.1. The zero-order valence-electron chi connectivity index (χ0n) is 12.1. The normalized spacial score (nSPS) is 16.1. The average molecular weight is 308 g/mol. The van der Waals surface area contributed by atoms with E-state index < -0.39 is 11.8 Å². The minimum Gasteiger partial charge on any atom is -0.486 e. The maximum atomic E-state index is 12.2. The lowest BCUT2D eigenvalue weighted by atomic mass is 10.1. The largest absolute Gasteiger partial charge is 0.486 e. The summed E-state index contributed by atoms with van der Waals surface area (Å²) in [5.74, 6) is 0.468. The van der Waals surface area contributed by atoms with Gasteiger partial charge >= 0.3 is 0 Å². The number of hydrazone groups is 1. The third-order valence-electron chi connectivity index (χ3n) is 3.66. The molecule has 0 atom stereocenters. The fraction of sp³-hybridized carbons (Fsp3) is 0.118. The molecule has 4 rings (SSSR count). The highest BCUT2D eigenvalue weighted by Crippen LogP contribution is 2.30. The number of fused-ring (bicyclic) bond motifs is 2. The van der Waals surface area contributed by atoms with E-state index in [0.29, 0.717) is 41.4 Å². The van der Waals surface area contributed by atoms with Gasteiger partial charge in [-0.3, -0.25) is 9.59 Å². The van der Waals surface area contributed by atoms with Gasteiger partial charge in [0.25, 0.3) is 11.8 Å².